The molecule has 1 fully saturated rings. The summed E-state index contributed by atoms with van der Waals surface area (Å²) in [4.78, 5) is 32.5. The number of carbonyl (C=O) groups excluding carboxylic acids is 1. The SMILES string of the molecule is Cc1nc2ccccc2c(=O)n1-c1ccc(C(=O)N(Cc2ccc(C(F)(F)F)cc2)C2CC2)cc1. The van der Waals surface area contributed by atoms with Crippen molar-refractivity contribution in [3.63, 3.8) is 0 Å². The second kappa shape index (κ2) is 8.69. The first kappa shape index (κ1) is 22.8. The number of halogens is 3. The van der Waals surface area contributed by atoms with Gasteiger partial charge in [-0.15, -0.1) is 0 Å². The maximum absolute atomic E-state index is 13.3. The summed E-state index contributed by atoms with van der Waals surface area (Å²) in [5.74, 6) is 0.342. The summed E-state index contributed by atoms with van der Waals surface area (Å²) in [6, 6.07) is 18.9. The number of amides is 1. The minimum Gasteiger partial charge on any atom is -0.331 e. The van der Waals surface area contributed by atoms with E-state index in [1.54, 1.807) is 54.3 Å². The average Bonchev–Trinajstić information content (AvgIpc) is 3.68. The molecular weight excluding hydrogens is 455 g/mol. The minimum atomic E-state index is -4.40. The molecule has 0 bridgehead atoms. The molecule has 4 aromatic rings. The molecule has 1 heterocycles. The third-order valence-electron chi connectivity index (χ3n) is 6.20. The molecular formula is C27H22F3N3O2. The quantitative estimate of drug-likeness (QED) is 0.381. The number of hydrogen-bond donors (Lipinski definition) is 0. The summed E-state index contributed by atoms with van der Waals surface area (Å²) in [6.45, 7) is 1.99. The van der Waals surface area contributed by atoms with Crippen LogP contribution in [0.4, 0.5) is 13.2 Å². The number of aromatic nitrogens is 2. The van der Waals surface area contributed by atoms with Crippen molar-refractivity contribution in [2.75, 3.05) is 0 Å². The molecule has 0 aliphatic heterocycles. The Morgan fingerprint density at radius 2 is 1.66 bits per heavy atom. The van der Waals surface area contributed by atoms with E-state index in [0.717, 1.165) is 25.0 Å². The van der Waals surface area contributed by atoms with E-state index >= 15 is 0 Å². The standard InChI is InChI=1S/C27H22F3N3O2/c1-17-31-24-5-3-2-4-23(24)26(35)33(17)22-12-8-19(9-13-22)25(34)32(21-14-15-21)16-18-6-10-20(11-7-18)27(28,29)30/h2-13,21H,14-16H2,1H3. The zero-order valence-corrected chi connectivity index (χ0v) is 18.9. The van der Waals surface area contributed by atoms with Crippen LogP contribution >= 0.6 is 0 Å². The number of para-hydroxylation sites is 1. The normalized spacial score (nSPS) is 13.7. The molecule has 8 heteroatoms. The molecule has 178 valence electrons. The fraction of sp³-hybridized carbons (Fsp3) is 0.222. The van der Waals surface area contributed by atoms with Crippen molar-refractivity contribution in [2.24, 2.45) is 0 Å². The van der Waals surface area contributed by atoms with Gasteiger partial charge in [0.05, 0.1) is 22.2 Å². The molecule has 0 spiro atoms. The second-order valence-electron chi connectivity index (χ2n) is 8.72. The lowest BCUT2D eigenvalue weighted by Gasteiger charge is -2.23. The predicted molar refractivity (Wildman–Crippen MR) is 126 cm³/mol. The Bertz CT molecular complexity index is 1450. The van der Waals surface area contributed by atoms with Gasteiger partial charge in [0, 0.05) is 18.2 Å². The van der Waals surface area contributed by atoms with Crippen molar-refractivity contribution >= 4 is 16.8 Å². The zero-order chi connectivity index (χ0) is 24.7. The van der Waals surface area contributed by atoms with Gasteiger partial charge in [0.15, 0.2) is 0 Å². The monoisotopic (exact) mass is 477 g/mol. The van der Waals surface area contributed by atoms with Gasteiger partial charge in [-0.1, -0.05) is 24.3 Å². The molecule has 1 saturated carbocycles. The van der Waals surface area contributed by atoms with Crippen LogP contribution in [0.3, 0.4) is 0 Å². The highest BCUT2D eigenvalue weighted by atomic mass is 19.4. The molecule has 5 nitrogen and oxygen atoms in total. The Morgan fingerprint density at radius 1 is 1.00 bits per heavy atom. The molecule has 3 aromatic carbocycles. The van der Waals surface area contributed by atoms with Gasteiger partial charge in [-0.25, -0.2) is 4.98 Å². The smallest absolute Gasteiger partial charge is 0.331 e. The molecule has 5 rings (SSSR count). The topological polar surface area (TPSA) is 55.2 Å². The van der Waals surface area contributed by atoms with E-state index < -0.39 is 11.7 Å². The van der Waals surface area contributed by atoms with E-state index in [4.69, 9.17) is 0 Å². The van der Waals surface area contributed by atoms with Crippen molar-refractivity contribution in [2.45, 2.75) is 38.5 Å². The lowest BCUT2D eigenvalue weighted by Crippen LogP contribution is -2.32. The highest BCUT2D eigenvalue weighted by Gasteiger charge is 2.34. The van der Waals surface area contributed by atoms with E-state index in [0.29, 0.717) is 33.5 Å². The number of fused-ring (bicyclic) bond motifs is 1. The molecule has 0 unspecified atom stereocenters. The van der Waals surface area contributed by atoms with Gasteiger partial charge in [-0.2, -0.15) is 13.2 Å². The molecule has 1 aliphatic carbocycles. The number of nitrogens with zero attached hydrogens (tertiary/aromatic N) is 3. The van der Waals surface area contributed by atoms with Crippen LogP contribution in [0.25, 0.3) is 16.6 Å². The maximum atomic E-state index is 13.3. The van der Waals surface area contributed by atoms with Crippen molar-refractivity contribution in [1.82, 2.24) is 14.5 Å². The van der Waals surface area contributed by atoms with Crippen LogP contribution in [-0.2, 0) is 12.7 Å². The number of rotatable bonds is 5. The van der Waals surface area contributed by atoms with Crippen LogP contribution < -0.4 is 5.56 Å². The lowest BCUT2D eigenvalue weighted by molar-refractivity contribution is -0.137. The highest BCUT2D eigenvalue weighted by Crippen LogP contribution is 2.32. The minimum absolute atomic E-state index is 0.0685. The van der Waals surface area contributed by atoms with Gasteiger partial charge in [0.25, 0.3) is 11.5 Å². The molecule has 1 aliphatic rings. The largest absolute Gasteiger partial charge is 0.416 e. The first-order valence-corrected chi connectivity index (χ1v) is 11.3. The molecule has 1 aromatic heterocycles. The molecule has 35 heavy (non-hydrogen) atoms. The predicted octanol–water partition coefficient (Wildman–Crippen LogP) is 5.52. The number of alkyl halides is 3. The maximum Gasteiger partial charge on any atom is 0.416 e. The average molecular weight is 477 g/mol. The third kappa shape index (κ3) is 4.56. The van der Waals surface area contributed by atoms with E-state index in [-0.39, 0.29) is 24.1 Å². The fourth-order valence-corrected chi connectivity index (χ4v) is 4.22. The van der Waals surface area contributed by atoms with Gasteiger partial charge in [0.2, 0.25) is 0 Å². The molecule has 0 saturated heterocycles. The van der Waals surface area contributed by atoms with Gasteiger partial charge < -0.3 is 4.90 Å². The van der Waals surface area contributed by atoms with Crippen molar-refractivity contribution in [1.29, 1.82) is 0 Å². The molecule has 1 amide bonds. The van der Waals surface area contributed by atoms with Crippen LogP contribution in [0.5, 0.6) is 0 Å². The van der Waals surface area contributed by atoms with Crippen LogP contribution in [0.15, 0.2) is 77.6 Å². The van der Waals surface area contributed by atoms with Crippen molar-refractivity contribution in [3.8, 4) is 5.69 Å². The fourth-order valence-electron chi connectivity index (χ4n) is 4.22. The van der Waals surface area contributed by atoms with Crippen LogP contribution in [0.2, 0.25) is 0 Å². The Kier molecular flexibility index (Phi) is 5.67. The Hall–Kier alpha value is -3.94. The second-order valence-corrected chi connectivity index (χ2v) is 8.72. The summed E-state index contributed by atoms with van der Waals surface area (Å²) in [5.41, 5.74) is 1.42. The van der Waals surface area contributed by atoms with Crippen molar-refractivity contribution in [3.05, 3.63) is 106 Å². The lowest BCUT2D eigenvalue weighted by atomic mass is 10.1. The number of aryl methyl sites for hydroxylation is 1. The third-order valence-corrected chi connectivity index (χ3v) is 6.20. The van der Waals surface area contributed by atoms with Crippen LogP contribution in [0.1, 0.15) is 40.2 Å². The van der Waals surface area contributed by atoms with E-state index in [9.17, 15) is 22.8 Å². The van der Waals surface area contributed by atoms with Crippen LogP contribution in [-0.4, -0.2) is 26.4 Å². The number of hydrogen-bond acceptors (Lipinski definition) is 3. The Labute approximate surface area is 199 Å². The first-order valence-electron chi connectivity index (χ1n) is 11.3. The summed E-state index contributed by atoms with van der Waals surface area (Å²) < 4.78 is 40.1. The van der Waals surface area contributed by atoms with Gasteiger partial charge >= 0.3 is 6.18 Å². The number of benzene rings is 3. The first-order chi connectivity index (χ1) is 16.7. The zero-order valence-electron chi connectivity index (χ0n) is 18.9. The molecule has 0 atom stereocenters. The van der Waals surface area contributed by atoms with E-state index in [1.165, 1.54) is 16.7 Å². The Morgan fingerprint density at radius 3 is 2.29 bits per heavy atom. The van der Waals surface area contributed by atoms with Crippen LogP contribution in [0, 0.1) is 6.92 Å². The molecule has 0 N–H and O–H groups in total. The summed E-state index contributed by atoms with van der Waals surface area (Å²) >= 11 is 0. The Balaban J connectivity index is 1.40. The summed E-state index contributed by atoms with van der Waals surface area (Å²) in [6.07, 6.45) is -2.67. The van der Waals surface area contributed by atoms with E-state index in [1.807, 2.05) is 6.07 Å². The van der Waals surface area contributed by atoms with E-state index in [2.05, 4.69) is 4.98 Å². The van der Waals surface area contributed by atoms with Gasteiger partial charge in [-0.3, -0.25) is 14.2 Å². The summed E-state index contributed by atoms with van der Waals surface area (Å²) in [5, 5.41) is 0.509. The number of carbonyl (C=O) groups is 1. The van der Waals surface area contributed by atoms with Crippen molar-refractivity contribution < 1.29 is 18.0 Å². The summed E-state index contributed by atoms with van der Waals surface area (Å²) in [7, 11) is 0. The highest BCUT2D eigenvalue weighted by molar-refractivity contribution is 5.94. The molecule has 0 radical (unpaired) electrons. The van der Waals surface area contributed by atoms with Gasteiger partial charge in [-0.05, 0) is 73.9 Å². The van der Waals surface area contributed by atoms with Gasteiger partial charge in [0.1, 0.15) is 5.82 Å².